The molecular formula is C13H16INO5S. The van der Waals surface area contributed by atoms with E-state index in [1.807, 2.05) is 0 Å². The zero-order valence-corrected chi connectivity index (χ0v) is 14.4. The summed E-state index contributed by atoms with van der Waals surface area (Å²) in [5.74, 6) is -0.711. The first kappa shape index (κ1) is 16.5. The average molecular weight is 425 g/mol. The second kappa shape index (κ2) is 6.09. The Balaban J connectivity index is 2.48. The summed E-state index contributed by atoms with van der Waals surface area (Å²) in [7, 11) is -2.43. The first-order valence-corrected chi connectivity index (χ1v) is 8.93. The number of halogens is 1. The summed E-state index contributed by atoms with van der Waals surface area (Å²) in [6.45, 7) is 0.203. The number of benzene rings is 1. The van der Waals surface area contributed by atoms with E-state index < -0.39 is 19.5 Å². The normalized spacial score (nSPS) is 23.7. The van der Waals surface area contributed by atoms with E-state index >= 15 is 0 Å². The number of rotatable bonds is 4. The Bertz CT molecular complexity index is 648. The minimum atomic E-state index is -3.88. The van der Waals surface area contributed by atoms with Gasteiger partial charge in [-0.1, -0.05) is 6.07 Å². The molecule has 1 aromatic carbocycles. The van der Waals surface area contributed by atoms with E-state index in [2.05, 4.69) is 0 Å². The van der Waals surface area contributed by atoms with Gasteiger partial charge in [-0.05, 0) is 54.0 Å². The van der Waals surface area contributed by atoms with Crippen molar-refractivity contribution in [3.63, 3.8) is 0 Å². The van der Waals surface area contributed by atoms with Gasteiger partial charge < -0.3 is 9.84 Å². The van der Waals surface area contributed by atoms with Crippen molar-refractivity contribution in [3.8, 4) is 5.75 Å². The van der Waals surface area contributed by atoms with Crippen LogP contribution in [0.25, 0.3) is 0 Å². The molecule has 21 heavy (non-hydrogen) atoms. The number of ether oxygens (including phenoxy) is 1. The Morgan fingerprint density at radius 1 is 1.43 bits per heavy atom. The van der Waals surface area contributed by atoms with Crippen LogP contribution in [-0.4, -0.2) is 41.0 Å². The summed E-state index contributed by atoms with van der Waals surface area (Å²) in [5.41, 5.74) is 0. The largest absolute Gasteiger partial charge is 0.497 e. The summed E-state index contributed by atoms with van der Waals surface area (Å²) in [5, 5.41) is 9.44. The number of carbonyl (C=O) groups is 1. The van der Waals surface area contributed by atoms with E-state index in [1.54, 1.807) is 34.7 Å². The number of hydrogen-bond donors (Lipinski definition) is 1. The van der Waals surface area contributed by atoms with Crippen molar-refractivity contribution < 1.29 is 23.1 Å². The van der Waals surface area contributed by atoms with E-state index in [4.69, 9.17) is 4.74 Å². The van der Waals surface area contributed by atoms with Gasteiger partial charge in [-0.15, -0.1) is 0 Å². The van der Waals surface area contributed by atoms with Crippen LogP contribution in [0.4, 0.5) is 0 Å². The number of piperidine rings is 1. The lowest BCUT2D eigenvalue weighted by atomic mass is 10.1. The Morgan fingerprint density at radius 2 is 2.14 bits per heavy atom. The number of alkyl halides is 1. The zero-order chi connectivity index (χ0) is 15.7. The highest BCUT2D eigenvalue weighted by molar-refractivity contribution is 14.1. The van der Waals surface area contributed by atoms with Crippen LogP contribution < -0.4 is 4.74 Å². The average Bonchev–Trinajstić information content (AvgIpc) is 2.47. The topological polar surface area (TPSA) is 83.9 Å². The highest BCUT2D eigenvalue weighted by atomic mass is 127. The van der Waals surface area contributed by atoms with Crippen LogP contribution in [0.15, 0.2) is 29.2 Å². The molecule has 1 N–H and O–H groups in total. The summed E-state index contributed by atoms with van der Waals surface area (Å²) < 4.78 is 30.2. The van der Waals surface area contributed by atoms with Crippen LogP contribution in [0.3, 0.4) is 0 Å². The predicted octanol–water partition coefficient (Wildman–Crippen LogP) is 2.09. The number of hydrogen-bond acceptors (Lipinski definition) is 4. The second-order valence-electron chi connectivity index (χ2n) is 4.78. The third-order valence-corrected chi connectivity index (χ3v) is 7.31. The first-order chi connectivity index (χ1) is 9.82. The van der Waals surface area contributed by atoms with E-state index in [9.17, 15) is 18.3 Å². The summed E-state index contributed by atoms with van der Waals surface area (Å²) in [6, 6.07) is 6.07. The molecule has 6 nitrogen and oxygen atoms in total. The lowest BCUT2D eigenvalue weighted by Crippen LogP contribution is -2.55. The number of aliphatic carboxylic acids is 1. The summed E-state index contributed by atoms with van der Waals surface area (Å²) >= 11 is 1.73. The Kier molecular flexibility index (Phi) is 4.79. The first-order valence-electron chi connectivity index (χ1n) is 6.41. The van der Waals surface area contributed by atoms with Crippen LogP contribution in [0.2, 0.25) is 0 Å². The predicted molar refractivity (Wildman–Crippen MR) is 85.1 cm³/mol. The van der Waals surface area contributed by atoms with Crippen LogP contribution >= 0.6 is 22.6 Å². The van der Waals surface area contributed by atoms with Crippen molar-refractivity contribution in [2.45, 2.75) is 27.7 Å². The monoisotopic (exact) mass is 425 g/mol. The lowest BCUT2D eigenvalue weighted by molar-refractivity contribution is -0.143. The van der Waals surface area contributed by atoms with E-state index in [0.29, 0.717) is 25.0 Å². The van der Waals surface area contributed by atoms with E-state index in [0.717, 1.165) is 4.31 Å². The molecule has 1 fully saturated rings. The van der Waals surface area contributed by atoms with Crippen molar-refractivity contribution in [2.24, 2.45) is 0 Å². The molecule has 0 saturated carbocycles. The third kappa shape index (κ3) is 3.02. The van der Waals surface area contributed by atoms with Gasteiger partial charge in [-0.2, -0.15) is 4.31 Å². The maximum atomic E-state index is 12.8. The van der Waals surface area contributed by atoms with Gasteiger partial charge in [0, 0.05) is 12.6 Å². The number of carboxylic acids is 1. The Hall–Kier alpha value is -0.870. The molecule has 1 aromatic rings. The Labute approximate surface area is 137 Å². The fourth-order valence-corrected chi connectivity index (χ4v) is 5.42. The number of nitrogens with zero attached hydrogens (tertiary/aromatic N) is 1. The molecule has 0 bridgehead atoms. The molecule has 8 heteroatoms. The molecule has 0 aliphatic carbocycles. The standard InChI is InChI=1S/C13H16INO5S/c1-20-10-5-4-6-11(9-10)21(18,19)15-8-3-2-7-13(15,14)12(16)17/h4-6,9H,2-3,7-8H2,1H3,(H,16,17). The number of sulfonamides is 1. The van der Waals surface area contributed by atoms with Gasteiger partial charge >= 0.3 is 5.97 Å². The van der Waals surface area contributed by atoms with Crippen LogP contribution in [0, 0.1) is 0 Å². The van der Waals surface area contributed by atoms with Crippen molar-refractivity contribution in [2.75, 3.05) is 13.7 Å². The van der Waals surface area contributed by atoms with Crippen molar-refractivity contribution in [1.29, 1.82) is 0 Å². The summed E-state index contributed by atoms with van der Waals surface area (Å²) in [6.07, 6.45) is 1.65. The van der Waals surface area contributed by atoms with Crippen molar-refractivity contribution >= 4 is 38.6 Å². The highest BCUT2D eigenvalue weighted by Crippen LogP contribution is 2.39. The van der Waals surface area contributed by atoms with Gasteiger partial charge in [-0.3, -0.25) is 0 Å². The molecule has 1 unspecified atom stereocenters. The molecule has 0 radical (unpaired) electrons. The van der Waals surface area contributed by atoms with Gasteiger partial charge in [0.05, 0.1) is 12.0 Å². The van der Waals surface area contributed by atoms with Gasteiger partial charge in [0.1, 0.15) is 5.75 Å². The molecule has 1 aliphatic rings. The molecule has 1 saturated heterocycles. The molecule has 1 aliphatic heterocycles. The van der Waals surface area contributed by atoms with Crippen LogP contribution in [-0.2, 0) is 14.8 Å². The van der Waals surface area contributed by atoms with E-state index in [-0.39, 0.29) is 11.4 Å². The number of carboxylic acid groups (broad SMARTS) is 1. The maximum absolute atomic E-state index is 12.8. The minimum Gasteiger partial charge on any atom is -0.497 e. The fourth-order valence-electron chi connectivity index (χ4n) is 2.33. The van der Waals surface area contributed by atoms with Gasteiger partial charge in [0.15, 0.2) is 3.55 Å². The molecule has 1 heterocycles. The maximum Gasteiger partial charge on any atom is 0.335 e. The lowest BCUT2D eigenvalue weighted by Gasteiger charge is -2.38. The fraction of sp³-hybridized carbons (Fsp3) is 0.462. The molecule has 1 atom stereocenters. The molecular weight excluding hydrogens is 409 g/mol. The van der Waals surface area contributed by atoms with Crippen molar-refractivity contribution in [1.82, 2.24) is 4.31 Å². The van der Waals surface area contributed by atoms with Crippen LogP contribution in [0.1, 0.15) is 19.3 Å². The van der Waals surface area contributed by atoms with Gasteiger partial charge in [-0.25, -0.2) is 13.2 Å². The molecule has 0 spiro atoms. The van der Waals surface area contributed by atoms with Crippen LogP contribution in [0.5, 0.6) is 5.75 Å². The molecule has 2 rings (SSSR count). The molecule has 0 amide bonds. The quantitative estimate of drug-likeness (QED) is 0.454. The molecule has 0 aromatic heterocycles. The highest BCUT2D eigenvalue weighted by Gasteiger charge is 2.49. The van der Waals surface area contributed by atoms with E-state index in [1.165, 1.54) is 19.2 Å². The smallest absolute Gasteiger partial charge is 0.335 e. The third-order valence-electron chi connectivity index (χ3n) is 3.47. The molecule has 116 valence electrons. The number of methoxy groups -OCH3 is 1. The van der Waals surface area contributed by atoms with Crippen molar-refractivity contribution in [3.05, 3.63) is 24.3 Å². The second-order valence-corrected chi connectivity index (χ2v) is 8.42. The SMILES string of the molecule is COc1cccc(S(=O)(=O)N2CCCCC2(I)C(=O)O)c1. The Morgan fingerprint density at radius 3 is 2.76 bits per heavy atom. The minimum absolute atomic E-state index is 0.0473. The van der Waals surface area contributed by atoms with Gasteiger partial charge in [0.25, 0.3) is 0 Å². The zero-order valence-electron chi connectivity index (χ0n) is 11.5. The summed E-state index contributed by atoms with van der Waals surface area (Å²) in [4.78, 5) is 11.6. The van der Waals surface area contributed by atoms with Gasteiger partial charge in [0.2, 0.25) is 10.0 Å².